The Bertz CT molecular complexity index is 183. The molecule has 0 aromatic heterocycles. The summed E-state index contributed by atoms with van der Waals surface area (Å²) in [4.78, 5) is 0. The van der Waals surface area contributed by atoms with E-state index in [1.165, 1.54) is 0 Å². The molecule has 0 saturated heterocycles. The molecule has 54 valence electrons. The molecule has 0 atom stereocenters. The first-order chi connectivity index (χ1) is 4.59. The Morgan fingerprint density at radius 2 is 2.10 bits per heavy atom. The highest BCUT2D eigenvalue weighted by molar-refractivity contribution is 5.98. The van der Waals surface area contributed by atoms with Crippen molar-refractivity contribution in [3.8, 4) is 0 Å². The van der Waals surface area contributed by atoms with Gasteiger partial charge < -0.3 is 5.73 Å². The average molecular weight is 136 g/mol. The van der Waals surface area contributed by atoms with Crippen LogP contribution in [0.15, 0.2) is 36.5 Å². The molecular formula is C8H12N2. The van der Waals surface area contributed by atoms with Crippen LogP contribution in [0.25, 0.3) is 0 Å². The maximum atomic E-state index is 7.09. The molecule has 0 aliphatic heterocycles. The Balaban J connectivity index is 4.58. The molecule has 0 unspecified atom stereocenters. The molecule has 0 aliphatic rings. The van der Waals surface area contributed by atoms with Crippen molar-refractivity contribution < 1.29 is 0 Å². The Labute approximate surface area is 61.3 Å². The minimum Gasteiger partial charge on any atom is -0.384 e. The lowest BCUT2D eigenvalue weighted by molar-refractivity contribution is 1.38. The first-order valence-electron chi connectivity index (χ1n) is 2.92. The van der Waals surface area contributed by atoms with Crippen molar-refractivity contribution in [1.29, 1.82) is 5.41 Å². The van der Waals surface area contributed by atoms with Gasteiger partial charge in [0.15, 0.2) is 0 Å². The van der Waals surface area contributed by atoms with Gasteiger partial charge in [-0.2, -0.15) is 0 Å². The maximum absolute atomic E-state index is 7.09. The largest absolute Gasteiger partial charge is 0.384 e. The van der Waals surface area contributed by atoms with E-state index >= 15 is 0 Å². The number of rotatable bonds is 3. The first kappa shape index (κ1) is 8.69. The van der Waals surface area contributed by atoms with Crippen LogP contribution in [0.4, 0.5) is 0 Å². The molecule has 0 saturated carbocycles. The zero-order valence-corrected chi connectivity index (χ0v) is 6.15. The third kappa shape index (κ3) is 2.31. The predicted octanol–water partition coefficient (Wildman–Crippen LogP) is 1.61. The van der Waals surface area contributed by atoms with Gasteiger partial charge in [0, 0.05) is 5.57 Å². The second-order valence-electron chi connectivity index (χ2n) is 2.01. The maximum Gasteiger partial charge on any atom is 0.123 e. The molecule has 2 heteroatoms. The smallest absolute Gasteiger partial charge is 0.123 e. The second-order valence-corrected chi connectivity index (χ2v) is 2.01. The van der Waals surface area contributed by atoms with E-state index < -0.39 is 0 Å². The van der Waals surface area contributed by atoms with E-state index in [2.05, 4.69) is 13.2 Å². The Morgan fingerprint density at radius 3 is 2.20 bits per heavy atom. The van der Waals surface area contributed by atoms with Crippen LogP contribution in [-0.2, 0) is 0 Å². The zero-order valence-electron chi connectivity index (χ0n) is 6.15. The number of nitrogens with one attached hydrogen (secondary N) is 1. The topological polar surface area (TPSA) is 49.9 Å². The number of hydrogen-bond acceptors (Lipinski definition) is 1. The number of hydrogen-bond donors (Lipinski definition) is 2. The molecule has 0 rings (SSSR count). The molecule has 0 heterocycles. The molecule has 0 fully saturated rings. The molecule has 10 heavy (non-hydrogen) atoms. The summed E-state index contributed by atoms with van der Waals surface area (Å²) >= 11 is 0. The molecule has 0 radical (unpaired) electrons. The highest BCUT2D eigenvalue weighted by Crippen LogP contribution is 2.04. The van der Waals surface area contributed by atoms with Crippen molar-refractivity contribution in [3.05, 3.63) is 36.5 Å². The predicted molar refractivity (Wildman–Crippen MR) is 45.0 cm³/mol. The van der Waals surface area contributed by atoms with Crippen LogP contribution in [0.5, 0.6) is 0 Å². The van der Waals surface area contributed by atoms with E-state index in [0.29, 0.717) is 5.57 Å². The first-order valence-corrected chi connectivity index (χ1v) is 2.92. The van der Waals surface area contributed by atoms with E-state index in [1.54, 1.807) is 19.1 Å². The van der Waals surface area contributed by atoms with E-state index in [0.717, 1.165) is 5.57 Å². The zero-order chi connectivity index (χ0) is 8.15. The van der Waals surface area contributed by atoms with E-state index in [4.69, 9.17) is 11.1 Å². The summed E-state index contributed by atoms with van der Waals surface area (Å²) in [6, 6.07) is 0. The van der Waals surface area contributed by atoms with Crippen molar-refractivity contribution in [2.45, 2.75) is 6.92 Å². The average Bonchev–Trinajstić information content (AvgIpc) is 1.81. The fourth-order valence-corrected chi connectivity index (χ4v) is 0.580. The van der Waals surface area contributed by atoms with Crippen LogP contribution in [-0.4, -0.2) is 5.84 Å². The SMILES string of the molecule is C=C/C=C(\C(=C)C)C(=N)N. The standard InChI is InChI=1S/C8H12N2/c1-4-5-7(6(2)3)8(9)10/h4-5H,1-2H2,3H3,(H3,9,10)/b7-5+. The molecule has 0 bridgehead atoms. The van der Waals surface area contributed by atoms with E-state index in [9.17, 15) is 0 Å². The third-order valence-corrected chi connectivity index (χ3v) is 1.03. The molecular weight excluding hydrogens is 124 g/mol. The Morgan fingerprint density at radius 1 is 1.60 bits per heavy atom. The van der Waals surface area contributed by atoms with Crippen LogP contribution < -0.4 is 5.73 Å². The van der Waals surface area contributed by atoms with E-state index in [-0.39, 0.29) is 5.84 Å². The van der Waals surface area contributed by atoms with Gasteiger partial charge in [0.1, 0.15) is 5.84 Å². The Kier molecular flexibility index (Phi) is 3.19. The summed E-state index contributed by atoms with van der Waals surface area (Å²) in [7, 11) is 0. The normalized spacial score (nSPS) is 10.7. The van der Waals surface area contributed by atoms with Crippen LogP contribution in [0, 0.1) is 5.41 Å². The summed E-state index contributed by atoms with van der Waals surface area (Å²) in [6.45, 7) is 8.96. The quantitative estimate of drug-likeness (QED) is 0.345. The minimum absolute atomic E-state index is 0.0346. The fraction of sp³-hybridized carbons (Fsp3) is 0.125. The summed E-state index contributed by atoms with van der Waals surface area (Å²) in [6.07, 6.45) is 3.26. The lowest BCUT2D eigenvalue weighted by Gasteiger charge is -2.01. The lowest BCUT2D eigenvalue weighted by atomic mass is 10.1. The molecule has 0 aromatic rings. The van der Waals surface area contributed by atoms with Gasteiger partial charge >= 0.3 is 0 Å². The van der Waals surface area contributed by atoms with Gasteiger partial charge in [0.25, 0.3) is 0 Å². The molecule has 0 spiro atoms. The van der Waals surface area contributed by atoms with Crippen molar-refractivity contribution in [2.24, 2.45) is 5.73 Å². The van der Waals surface area contributed by atoms with Gasteiger partial charge in [-0.05, 0) is 12.5 Å². The van der Waals surface area contributed by atoms with Crippen molar-refractivity contribution in [2.75, 3.05) is 0 Å². The van der Waals surface area contributed by atoms with Crippen molar-refractivity contribution in [1.82, 2.24) is 0 Å². The molecule has 0 aliphatic carbocycles. The lowest BCUT2D eigenvalue weighted by Crippen LogP contribution is -2.13. The second kappa shape index (κ2) is 3.67. The summed E-state index contributed by atoms with van der Waals surface area (Å²) in [5.74, 6) is 0.0346. The molecule has 0 amide bonds. The van der Waals surface area contributed by atoms with Crippen LogP contribution in [0.1, 0.15) is 6.92 Å². The van der Waals surface area contributed by atoms with Gasteiger partial charge in [0.05, 0.1) is 0 Å². The third-order valence-electron chi connectivity index (χ3n) is 1.03. The minimum atomic E-state index is 0.0346. The Hall–Kier alpha value is -1.31. The van der Waals surface area contributed by atoms with Crippen molar-refractivity contribution >= 4 is 5.84 Å². The number of amidine groups is 1. The summed E-state index contributed by atoms with van der Waals surface area (Å²) in [5, 5.41) is 7.09. The highest BCUT2D eigenvalue weighted by atomic mass is 14.7. The molecule has 2 nitrogen and oxygen atoms in total. The fourth-order valence-electron chi connectivity index (χ4n) is 0.580. The van der Waals surface area contributed by atoms with Crippen LogP contribution in [0.2, 0.25) is 0 Å². The molecule has 0 aromatic carbocycles. The van der Waals surface area contributed by atoms with Gasteiger partial charge in [-0.15, -0.1) is 0 Å². The van der Waals surface area contributed by atoms with Crippen LogP contribution >= 0.6 is 0 Å². The summed E-state index contributed by atoms with van der Waals surface area (Å²) in [5.41, 5.74) is 6.66. The van der Waals surface area contributed by atoms with Crippen LogP contribution in [0.3, 0.4) is 0 Å². The van der Waals surface area contributed by atoms with Gasteiger partial charge in [-0.1, -0.05) is 25.3 Å². The van der Waals surface area contributed by atoms with Crippen molar-refractivity contribution in [3.63, 3.8) is 0 Å². The van der Waals surface area contributed by atoms with E-state index in [1.807, 2.05) is 0 Å². The van der Waals surface area contributed by atoms with Gasteiger partial charge in [-0.3, -0.25) is 5.41 Å². The highest BCUT2D eigenvalue weighted by Gasteiger charge is 1.98. The van der Waals surface area contributed by atoms with Gasteiger partial charge in [-0.25, -0.2) is 0 Å². The molecule has 3 N–H and O–H groups in total. The number of allylic oxidation sites excluding steroid dienone is 2. The summed E-state index contributed by atoms with van der Waals surface area (Å²) < 4.78 is 0. The monoisotopic (exact) mass is 136 g/mol. The van der Waals surface area contributed by atoms with Gasteiger partial charge in [0.2, 0.25) is 0 Å². The number of nitrogens with two attached hydrogens (primary N) is 1.